The normalized spacial score (nSPS) is 22.2. The summed E-state index contributed by atoms with van der Waals surface area (Å²) in [6.45, 7) is 0. The number of nitrogens with zero attached hydrogens (tertiary/aromatic N) is 1. The first-order valence-corrected chi connectivity index (χ1v) is 3.71. The predicted molar refractivity (Wildman–Crippen MR) is 41.4 cm³/mol. The summed E-state index contributed by atoms with van der Waals surface area (Å²) in [6.07, 6.45) is 1.54. The number of fused-ring (bicyclic) bond motifs is 1. The Labute approximate surface area is 64.0 Å². The third-order valence-corrected chi connectivity index (χ3v) is 2.16. The Kier molecular flexibility index (Phi) is 1.20. The Morgan fingerprint density at radius 3 is 3.00 bits per heavy atom. The lowest BCUT2D eigenvalue weighted by Gasteiger charge is -1.97. The van der Waals surface area contributed by atoms with E-state index in [2.05, 4.69) is 5.10 Å². The average molecular weight is 153 g/mol. The minimum absolute atomic E-state index is 0.0768. The van der Waals surface area contributed by atoms with E-state index in [1.165, 1.54) is 4.68 Å². The molecule has 1 unspecified atom stereocenters. The molecule has 0 aliphatic heterocycles. The highest BCUT2D eigenvalue weighted by Gasteiger charge is 2.23. The fourth-order valence-electron chi connectivity index (χ4n) is 1.63. The smallest absolute Gasteiger partial charge is 0.269 e. The van der Waals surface area contributed by atoms with Crippen molar-refractivity contribution >= 4 is 0 Å². The first-order chi connectivity index (χ1) is 5.18. The van der Waals surface area contributed by atoms with E-state index in [9.17, 15) is 4.79 Å². The topological polar surface area (TPSA) is 63.8 Å². The third kappa shape index (κ3) is 0.826. The second kappa shape index (κ2) is 1.98. The zero-order chi connectivity index (χ0) is 8.01. The van der Waals surface area contributed by atoms with Gasteiger partial charge in [0.2, 0.25) is 0 Å². The molecule has 0 aromatic carbocycles. The Bertz CT molecular complexity index is 336. The van der Waals surface area contributed by atoms with Crippen LogP contribution in [0.25, 0.3) is 0 Å². The van der Waals surface area contributed by atoms with Gasteiger partial charge in [0.1, 0.15) is 0 Å². The summed E-state index contributed by atoms with van der Waals surface area (Å²) < 4.78 is 1.51. The van der Waals surface area contributed by atoms with E-state index >= 15 is 0 Å². The molecule has 1 aliphatic rings. The van der Waals surface area contributed by atoms with Crippen LogP contribution in [0.5, 0.6) is 0 Å². The van der Waals surface area contributed by atoms with E-state index in [0.29, 0.717) is 0 Å². The molecule has 1 heterocycles. The molecular formula is C7H11N3O. The fraction of sp³-hybridized carbons (Fsp3) is 0.571. The number of hydrogen-bond acceptors (Lipinski definition) is 2. The maximum atomic E-state index is 11.3. The number of nitrogens with one attached hydrogen (secondary N) is 1. The van der Waals surface area contributed by atoms with Gasteiger partial charge in [0.25, 0.3) is 5.56 Å². The first-order valence-electron chi connectivity index (χ1n) is 3.71. The number of H-pyrrole nitrogens is 1. The molecule has 4 nitrogen and oxygen atoms in total. The van der Waals surface area contributed by atoms with Crippen molar-refractivity contribution in [3.8, 4) is 0 Å². The second-order valence-electron chi connectivity index (χ2n) is 3.10. The van der Waals surface area contributed by atoms with Gasteiger partial charge in [-0.25, -0.2) is 0 Å². The Balaban J connectivity index is 2.57. The van der Waals surface area contributed by atoms with Gasteiger partial charge in [-0.1, -0.05) is 0 Å². The molecule has 0 radical (unpaired) electrons. The van der Waals surface area contributed by atoms with E-state index in [0.717, 1.165) is 24.1 Å². The lowest BCUT2D eigenvalue weighted by molar-refractivity contribution is 0.657. The number of aryl methyl sites for hydroxylation is 1. The van der Waals surface area contributed by atoms with Crippen LogP contribution in [-0.4, -0.2) is 15.8 Å². The van der Waals surface area contributed by atoms with Crippen LogP contribution in [0.15, 0.2) is 4.79 Å². The number of aromatic nitrogens is 2. The number of rotatable bonds is 0. The zero-order valence-corrected chi connectivity index (χ0v) is 6.42. The van der Waals surface area contributed by atoms with Crippen LogP contribution in [0, 0.1) is 0 Å². The molecule has 1 aliphatic carbocycles. The molecule has 3 N–H and O–H groups in total. The largest absolute Gasteiger partial charge is 0.327 e. The van der Waals surface area contributed by atoms with Gasteiger partial charge in [0, 0.05) is 30.8 Å². The van der Waals surface area contributed by atoms with E-state index < -0.39 is 0 Å². The van der Waals surface area contributed by atoms with Crippen molar-refractivity contribution in [1.82, 2.24) is 9.78 Å². The van der Waals surface area contributed by atoms with Crippen molar-refractivity contribution in [3.05, 3.63) is 21.6 Å². The molecule has 2 rings (SSSR count). The van der Waals surface area contributed by atoms with Crippen molar-refractivity contribution in [1.29, 1.82) is 0 Å². The molecule has 4 heteroatoms. The molecule has 1 aromatic heterocycles. The van der Waals surface area contributed by atoms with E-state index in [4.69, 9.17) is 5.73 Å². The molecule has 0 saturated carbocycles. The molecule has 0 bridgehead atoms. The molecule has 1 aromatic rings. The monoisotopic (exact) mass is 153 g/mol. The van der Waals surface area contributed by atoms with E-state index in [1.54, 1.807) is 7.05 Å². The molecule has 0 amide bonds. The summed E-state index contributed by atoms with van der Waals surface area (Å²) >= 11 is 0. The lowest BCUT2D eigenvalue weighted by Crippen LogP contribution is -2.24. The Hall–Kier alpha value is -1.03. The fourth-order valence-corrected chi connectivity index (χ4v) is 1.63. The van der Waals surface area contributed by atoms with Gasteiger partial charge in [-0.15, -0.1) is 0 Å². The molecule has 0 spiro atoms. The molecule has 60 valence electrons. The SMILES string of the molecule is Cn1[nH]c2c(c1=O)CC(N)C2. The first kappa shape index (κ1) is 6.67. The summed E-state index contributed by atoms with van der Waals surface area (Å²) in [7, 11) is 1.73. The van der Waals surface area contributed by atoms with Crippen LogP contribution in [0.2, 0.25) is 0 Å². The highest BCUT2D eigenvalue weighted by atomic mass is 16.1. The summed E-state index contributed by atoms with van der Waals surface area (Å²) in [5, 5.41) is 2.98. The average Bonchev–Trinajstić information content (AvgIpc) is 2.37. The van der Waals surface area contributed by atoms with Crippen molar-refractivity contribution in [3.63, 3.8) is 0 Å². The van der Waals surface area contributed by atoms with Crippen molar-refractivity contribution in [2.75, 3.05) is 0 Å². The standard InChI is InChI=1S/C7H11N3O/c1-10-7(11)5-2-4(8)3-6(5)9-10/h4,9H,2-3,8H2,1H3. The van der Waals surface area contributed by atoms with Gasteiger partial charge in [-0.2, -0.15) is 0 Å². The van der Waals surface area contributed by atoms with Gasteiger partial charge in [-0.05, 0) is 6.42 Å². The Morgan fingerprint density at radius 2 is 2.36 bits per heavy atom. The third-order valence-electron chi connectivity index (χ3n) is 2.16. The van der Waals surface area contributed by atoms with Crippen LogP contribution in [0.3, 0.4) is 0 Å². The van der Waals surface area contributed by atoms with Crippen LogP contribution in [0.1, 0.15) is 11.3 Å². The quantitative estimate of drug-likeness (QED) is 0.509. The van der Waals surface area contributed by atoms with Gasteiger partial charge in [0.05, 0.1) is 0 Å². The Morgan fingerprint density at radius 1 is 1.64 bits per heavy atom. The van der Waals surface area contributed by atoms with Crippen molar-refractivity contribution in [2.45, 2.75) is 18.9 Å². The summed E-state index contributed by atoms with van der Waals surface area (Å²) in [4.78, 5) is 11.3. The van der Waals surface area contributed by atoms with Gasteiger partial charge < -0.3 is 5.73 Å². The minimum Gasteiger partial charge on any atom is -0.327 e. The molecule has 0 fully saturated rings. The number of hydrogen-bond donors (Lipinski definition) is 2. The predicted octanol–water partition coefficient (Wildman–Crippen LogP) is -0.861. The van der Waals surface area contributed by atoms with Gasteiger partial charge in [-0.3, -0.25) is 14.6 Å². The molecule has 11 heavy (non-hydrogen) atoms. The van der Waals surface area contributed by atoms with E-state index in [-0.39, 0.29) is 11.6 Å². The summed E-state index contributed by atoms with van der Waals surface area (Å²) in [5.41, 5.74) is 7.65. The van der Waals surface area contributed by atoms with Gasteiger partial charge >= 0.3 is 0 Å². The van der Waals surface area contributed by atoms with Crippen LogP contribution >= 0.6 is 0 Å². The zero-order valence-electron chi connectivity index (χ0n) is 6.42. The van der Waals surface area contributed by atoms with Crippen molar-refractivity contribution in [2.24, 2.45) is 12.8 Å². The summed E-state index contributed by atoms with van der Waals surface area (Å²) in [5.74, 6) is 0. The maximum absolute atomic E-state index is 11.3. The van der Waals surface area contributed by atoms with Crippen LogP contribution < -0.4 is 11.3 Å². The minimum atomic E-state index is 0.0768. The highest BCUT2D eigenvalue weighted by molar-refractivity contribution is 5.25. The molecule has 0 saturated heterocycles. The summed E-state index contributed by atoms with van der Waals surface area (Å²) in [6, 6.07) is 0.144. The number of aromatic amines is 1. The number of nitrogens with two attached hydrogens (primary N) is 1. The van der Waals surface area contributed by atoms with Gasteiger partial charge in [0.15, 0.2) is 0 Å². The van der Waals surface area contributed by atoms with E-state index in [1.807, 2.05) is 0 Å². The second-order valence-corrected chi connectivity index (χ2v) is 3.10. The van der Waals surface area contributed by atoms with Crippen LogP contribution in [-0.2, 0) is 19.9 Å². The van der Waals surface area contributed by atoms with Crippen LogP contribution in [0.4, 0.5) is 0 Å². The molecule has 1 atom stereocenters. The molecular weight excluding hydrogens is 142 g/mol. The highest BCUT2D eigenvalue weighted by Crippen LogP contribution is 2.14. The lowest BCUT2D eigenvalue weighted by atomic mass is 10.2. The maximum Gasteiger partial charge on any atom is 0.269 e. The van der Waals surface area contributed by atoms with Crippen molar-refractivity contribution < 1.29 is 0 Å².